The monoisotopic (exact) mass is 321 g/mol. The normalized spacial score (nSPS) is 17.6. The Kier molecular flexibility index (Phi) is 7.77. The number of rotatable bonds is 8. The number of nitrogens with one attached hydrogen (secondary N) is 1. The third-order valence-corrected chi connectivity index (χ3v) is 5.81. The van der Waals surface area contributed by atoms with E-state index >= 15 is 0 Å². The quantitative estimate of drug-likeness (QED) is 0.530. The van der Waals surface area contributed by atoms with Crippen LogP contribution in [-0.4, -0.2) is 23.4 Å². The fourth-order valence-electron chi connectivity index (χ4n) is 3.07. The van der Waals surface area contributed by atoms with E-state index in [0.29, 0.717) is 12.6 Å². The summed E-state index contributed by atoms with van der Waals surface area (Å²) in [5.74, 6) is 1.18. The summed E-state index contributed by atoms with van der Waals surface area (Å²) < 4.78 is 0. The predicted octanol–water partition coefficient (Wildman–Crippen LogP) is 4.84. The average molecular weight is 322 g/mol. The SMILES string of the molecule is CCCCSc1ccc(C(O)CNC2CCCCC2)cc1C. The minimum absolute atomic E-state index is 0.393. The summed E-state index contributed by atoms with van der Waals surface area (Å²) in [4.78, 5) is 1.35. The van der Waals surface area contributed by atoms with E-state index in [1.165, 1.54) is 61.2 Å². The third kappa shape index (κ3) is 5.60. The molecule has 0 saturated heterocycles. The van der Waals surface area contributed by atoms with Gasteiger partial charge in [-0.05, 0) is 49.1 Å². The number of hydrogen-bond donors (Lipinski definition) is 2. The zero-order chi connectivity index (χ0) is 15.8. The lowest BCUT2D eigenvalue weighted by Crippen LogP contribution is -2.34. The molecule has 1 aliphatic carbocycles. The van der Waals surface area contributed by atoms with Gasteiger partial charge in [-0.1, -0.05) is 44.7 Å². The molecular weight excluding hydrogens is 290 g/mol. The molecule has 1 unspecified atom stereocenters. The summed E-state index contributed by atoms with van der Waals surface area (Å²) in [7, 11) is 0. The van der Waals surface area contributed by atoms with Gasteiger partial charge in [0, 0.05) is 17.5 Å². The van der Waals surface area contributed by atoms with E-state index in [9.17, 15) is 5.11 Å². The first kappa shape index (κ1) is 17.8. The van der Waals surface area contributed by atoms with Crippen molar-refractivity contribution in [3.8, 4) is 0 Å². The second-order valence-corrected chi connectivity index (χ2v) is 7.62. The second kappa shape index (κ2) is 9.59. The maximum absolute atomic E-state index is 10.4. The van der Waals surface area contributed by atoms with Crippen LogP contribution in [0.3, 0.4) is 0 Å². The molecule has 1 aromatic carbocycles. The number of hydrogen-bond acceptors (Lipinski definition) is 3. The molecule has 1 atom stereocenters. The largest absolute Gasteiger partial charge is 0.387 e. The Labute approximate surface area is 140 Å². The maximum atomic E-state index is 10.4. The van der Waals surface area contributed by atoms with Crippen LogP contribution in [0.15, 0.2) is 23.1 Å². The lowest BCUT2D eigenvalue weighted by Gasteiger charge is -2.24. The first-order chi connectivity index (χ1) is 10.7. The average Bonchev–Trinajstić information content (AvgIpc) is 2.55. The van der Waals surface area contributed by atoms with Crippen molar-refractivity contribution < 1.29 is 5.11 Å². The van der Waals surface area contributed by atoms with E-state index in [1.807, 2.05) is 11.8 Å². The van der Waals surface area contributed by atoms with Gasteiger partial charge in [0.05, 0.1) is 6.10 Å². The fraction of sp³-hybridized carbons (Fsp3) is 0.684. The molecule has 0 heterocycles. The Morgan fingerprint density at radius 3 is 2.73 bits per heavy atom. The van der Waals surface area contributed by atoms with Gasteiger partial charge in [0.2, 0.25) is 0 Å². The van der Waals surface area contributed by atoms with Crippen molar-refractivity contribution in [3.63, 3.8) is 0 Å². The molecule has 2 N–H and O–H groups in total. The molecule has 0 aliphatic heterocycles. The van der Waals surface area contributed by atoms with E-state index < -0.39 is 6.10 Å². The van der Waals surface area contributed by atoms with Crippen LogP contribution in [0.4, 0.5) is 0 Å². The van der Waals surface area contributed by atoms with Gasteiger partial charge in [0.25, 0.3) is 0 Å². The van der Waals surface area contributed by atoms with E-state index in [-0.39, 0.29) is 0 Å². The Balaban J connectivity index is 1.83. The fourth-order valence-corrected chi connectivity index (χ4v) is 4.17. The van der Waals surface area contributed by atoms with Gasteiger partial charge in [-0.3, -0.25) is 0 Å². The first-order valence-corrected chi connectivity index (χ1v) is 9.84. The highest BCUT2D eigenvalue weighted by Crippen LogP contribution is 2.26. The van der Waals surface area contributed by atoms with Gasteiger partial charge in [0.15, 0.2) is 0 Å². The molecule has 0 bridgehead atoms. The van der Waals surface area contributed by atoms with Crippen LogP contribution in [0.1, 0.15) is 69.1 Å². The number of aryl methyl sites for hydroxylation is 1. The number of benzene rings is 1. The Hall–Kier alpha value is -0.510. The number of aliphatic hydroxyl groups is 1. The minimum atomic E-state index is -0.393. The molecule has 124 valence electrons. The number of unbranched alkanes of at least 4 members (excludes halogenated alkanes) is 1. The summed E-state index contributed by atoms with van der Waals surface area (Å²) >= 11 is 1.93. The summed E-state index contributed by atoms with van der Waals surface area (Å²) in [5, 5.41) is 14.0. The molecule has 3 heteroatoms. The lowest BCUT2D eigenvalue weighted by atomic mass is 9.95. The van der Waals surface area contributed by atoms with Gasteiger partial charge in [0.1, 0.15) is 0 Å². The molecule has 0 amide bonds. The van der Waals surface area contributed by atoms with Crippen molar-refractivity contribution >= 4 is 11.8 Å². The molecule has 2 nitrogen and oxygen atoms in total. The predicted molar refractivity (Wildman–Crippen MR) is 96.6 cm³/mol. The molecular formula is C19H31NOS. The van der Waals surface area contributed by atoms with Gasteiger partial charge in [-0.15, -0.1) is 11.8 Å². The Morgan fingerprint density at radius 1 is 1.27 bits per heavy atom. The summed E-state index contributed by atoms with van der Waals surface area (Å²) in [5.41, 5.74) is 2.33. The van der Waals surface area contributed by atoms with E-state index in [4.69, 9.17) is 0 Å². The highest BCUT2D eigenvalue weighted by molar-refractivity contribution is 7.99. The number of thioether (sulfide) groups is 1. The first-order valence-electron chi connectivity index (χ1n) is 8.85. The molecule has 0 aromatic heterocycles. The zero-order valence-electron chi connectivity index (χ0n) is 14.1. The van der Waals surface area contributed by atoms with Crippen molar-refractivity contribution in [3.05, 3.63) is 29.3 Å². The molecule has 0 spiro atoms. The van der Waals surface area contributed by atoms with Crippen molar-refractivity contribution in [1.29, 1.82) is 0 Å². The maximum Gasteiger partial charge on any atom is 0.0914 e. The van der Waals surface area contributed by atoms with Crippen LogP contribution in [0.2, 0.25) is 0 Å². The van der Waals surface area contributed by atoms with Crippen LogP contribution in [-0.2, 0) is 0 Å². The minimum Gasteiger partial charge on any atom is -0.387 e. The van der Waals surface area contributed by atoms with Crippen LogP contribution in [0.25, 0.3) is 0 Å². The van der Waals surface area contributed by atoms with E-state index in [0.717, 1.165) is 5.56 Å². The topological polar surface area (TPSA) is 32.3 Å². The van der Waals surface area contributed by atoms with Crippen LogP contribution < -0.4 is 5.32 Å². The summed E-state index contributed by atoms with van der Waals surface area (Å²) in [6, 6.07) is 7.03. The standard InChI is InChI=1S/C19H31NOS/c1-3-4-12-22-19-11-10-16(13-15(19)2)18(21)14-20-17-8-6-5-7-9-17/h10-11,13,17-18,20-21H,3-9,12,14H2,1-2H3. The summed E-state index contributed by atoms with van der Waals surface area (Å²) in [6.07, 6.45) is 8.67. The van der Waals surface area contributed by atoms with Gasteiger partial charge < -0.3 is 10.4 Å². The molecule has 2 rings (SSSR count). The van der Waals surface area contributed by atoms with Crippen molar-refractivity contribution in [2.45, 2.75) is 75.8 Å². The van der Waals surface area contributed by atoms with Crippen molar-refractivity contribution in [2.75, 3.05) is 12.3 Å². The molecule has 22 heavy (non-hydrogen) atoms. The van der Waals surface area contributed by atoms with Gasteiger partial charge in [-0.25, -0.2) is 0 Å². The number of aliphatic hydroxyl groups excluding tert-OH is 1. The molecule has 1 aliphatic rings. The smallest absolute Gasteiger partial charge is 0.0914 e. The Bertz CT molecular complexity index is 443. The van der Waals surface area contributed by atoms with Crippen molar-refractivity contribution in [2.24, 2.45) is 0 Å². The summed E-state index contributed by atoms with van der Waals surface area (Å²) in [6.45, 7) is 5.05. The van der Waals surface area contributed by atoms with E-state index in [1.54, 1.807) is 0 Å². The highest BCUT2D eigenvalue weighted by Gasteiger charge is 2.15. The molecule has 0 radical (unpaired) electrons. The third-order valence-electron chi connectivity index (χ3n) is 4.54. The van der Waals surface area contributed by atoms with Crippen LogP contribution in [0, 0.1) is 6.92 Å². The Morgan fingerprint density at radius 2 is 2.05 bits per heavy atom. The van der Waals surface area contributed by atoms with Gasteiger partial charge in [-0.2, -0.15) is 0 Å². The molecule has 1 aromatic rings. The highest BCUT2D eigenvalue weighted by atomic mass is 32.2. The molecule has 1 fully saturated rings. The second-order valence-electron chi connectivity index (χ2n) is 6.49. The van der Waals surface area contributed by atoms with Crippen LogP contribution >= 0.6 is 11.8 Å². The van der Waals surface area contributed by atoms with Crippen LogP contribution in [0.5, 0.6) is 0 Å². The van der Waals surface area contributed by atoms with Gasteiger partial charge >= 0.3 is 0 Å². The zero-order valence-corrected chi connectivity index (χ0v) is 14.9. The van der Waals surface area contributed by atoms with Crippen molar-refractivity contribution in [1.82, 2.24) is 5.32 Å². The lowest BCUT2D eigenvalue weighted by molar-refractivity contribution is 0.165. The molecule has 1 saturated carbocycles. The van der Waals surface area contributed by atoms with E-state index in [2.05, 4.69) is 37.4 Å².